The van der Waals surface area contributed by atoms with Gasteiger partial charge in [0.15, 0.2) is 0 Å². The smallest absolute Gasteiger partial charge is 0.0561 e. The summed E-state index contributed by atoms with van der Waals surface area (Å²) in [6.07, 6.45) is 1.81. The van der Waals surface area contributed by atoms with Gasteiger partial charge in [-0.2, -0.15) is 9.47 Å². The van der Waals surface area contributed by atoms with Gasteiger partial charge in [0.2, 0.25) is 0 Å². The number of hydrazone groups is 1. The van der Waals surface area contributed by atoms with Crippen LogP contribution in [0.15, 0.2) is 65.8 Å². The van der Waals surface area contributed by atoms with E-state index in [9.17, 15) is 0 Å². The predicted octanol–water partition coefficient (Wildman–Crippen LogP) is 4.56. The Hall–Kier alpha value is -2.46. The summed E-state index contributed by atoms with van der Waals surface area (Å²) in [5.74, 6) is 0. The van der Waals surface area contributed by atoms with Crippen LogP contribution in [0.1, 0.15) is 11.3 Å². The number of hydrogen-bond acceptors (Lipinski definition) is 4. The van der Waals surface area contributed by atoms with Crippen molar-refractivity contribution in [2.24, 2.45) is 5.10 Å². The number of benzene rings is 2. The maximum absolute atomic E-state index is 4.30. The normalized spacial score (nSPS) is 10.9. The van der Waals surface area contributed by atoms with E-state index in [2.05, 4.69) is 45.2 Å². The van der Waals surface area contributed by atoms with Gasteiger partial charge in [-0.1, -0.05) is 42.5 Å². The average molecular weight is 293 g/mol. The zero-order valence-corrected chi connectivity index (χ0v) is 12.5. The van der Waals surface area contributed by atoms with Gasteiger partial charge in [0.1, 0.15) is 0 Å². The molecule has 1 heterocycles. The molecule has 3 rings (SSSR count). The van der Waals surface area contributed by atoms with Gasteiger partial charge >= 0.3 is 0 Å². The molecule has 4 heteroatoms. The summed E-state index contributed by atoms with van der Waals surface area (Å²) >= 11 is 1.53. The highest BCUT2D eigenvalue weighted by atomic mass is 32.1. The predicted molar refractivity (Wildman–Crippen MR) is 89.9 cm³/mol. The topological polar surface area (TPSA) is 37.3 Å². The van der Waals surface area contributed by atoms with Crippen LogP contribution >= 0.6 is 11.5 Å². The fourth-order valence-corrected chi connectivity index (χ4v) is 2.69. The fraction of sp³-hybridized carbons (Fsp3) is 0.0588. The van der Waals surface area contributed by atoms with E-state index in [4.69, 9.17) is 0 Å². The third-order valence-electron chi connectivity index (χ3n) is 3.00. The molecule has 0 aliphatic carbocycles. The number of para-hydroxylation sites is 1. The van der Waals surface area contributed by atoms with E-state index in [0.717, 1.165) is 16.9 Å². The molecule has 3 nitrogen and oxygen atoms in total. The molecule has 0 fully saturated rings. The molecule has 21 heavy (non-hydrogen) atoms. The van der Waals surface area contributed by atoms with Crippen molar-refractivity contribution in [1.29, 1.82) is 0 Å². The Morgan fingerprint density at radius 3 is 2.48 bits per heavy atom. The molecule has 3 aromatic rings. The third kappa shape index (κ3) is 3.55. The molecule has 0 unspecified atom stereocenters. The van der Waals surface area contributed by atoms with Gasteiger partial charge in [-0.25, -0.2) is 0 Å². The monoisotopic (exact) mass is 293 g/mol. The second-order valence-electron chi connectivity index (χ2n) is 4.69. The van der Waals surface area contributed by atoms with Gasteiger partial charge < -0.3 is 0 Å². The van der Waals surface area contributed by atoms with E-state index in [-0.39, 0.29) is 0 Å². The zero-order valence-electron chi connectivity index (χ0n) is 11.7. The minimum atomic E-state index is 0.977. The Balaban J connectivity index is 1.67. The number of aromatic nitrogens is 1. The summed E-state index contributed by atoms with van der Waals surface area (Å²) in [4.78, 5) is 1.19. The summed E-state index contributed by atoms with van der Waals surface area (Å²) in [6, 6.07) is 20.3. The quantitative estimate of drug-likeness (QED) is 0.565. The van der Waals surface area contributed by atoms with Crippen molar-refractivity contribution in [1.82, 2.24) is 4.37 Å². The van der Waals surface area contributed by atoms with Crippen LogP contribution in [0.4, 0.5) is 5.69 Å². The zero-order chi connectivity index (χ0) is 14.5. The molecule has 0 aliphatic heterocycles. The van der Waals surface area contributed by atoms with Crippen LogP contribution in [0.25, 0.3) is 10.4 Å². The molecule has 104 valence electrons. The molecule has 2 aromatic carbocycles. The highest BCUT2D eigenvalue weighted by molar-refractivity contribution is 7.09. The molecular formula is C17H15N3S. The van der Waals surface area contributed by atoms with Crippen molar-refractivity contribution in [2.75, 3.05) is 5.43 Å². The second-order valence-corrected chi connectivity index (χ2v) is 5.50. The molecule has 0 spiro atoms. The number of nitrogens with one attached hydrogen (secondary N) is 1. The van der Waals surface area contributed by atoms with Gasteiger partial charge in [-0.05, 0) is 47.8 Å². The fourth-order valence-electron chi connectivity index (χ4n) is 1.93. The van der Waals surface area contributed by atoms with Crippen LogP contribution in [-0.2, 0) is 0 Å². The van der Waals surface area contributed by atoms with Gasteiger partial charge in [-0.3, -0.25) is 5.43 Å². The number of anilines is 1. The van der Waals surface area contributed by atoms with E-state index < -0.39 is 0 Å². The Labute approximate surface area is 128 Å². The lowest BCUT2D eigenvalue weighted by Crippen LogP contribution is -1.89. The molecule has 0 saturated carbocycles. The van der Waals surface area contributed by atoms with Gasteiger partial charge in [0.25, 0.3) is 0 Å². The molecule has 0 saturated heterocycles. The first kappa shape index (κ1) is 13.5. The van der Waals surface area contributed by atoms with Crippen LogP contribution in [-0.4, -0.2) is 10.6 Å². The van der Waals surface area contributed by atoms with Crippen molar-refractivity contribution >= 4 is 23.4 Å². The largest absolute Gasteiger partial charge is 0.279 e. The molecule has 1 N–H and O–H groups in total. The van der Waals surface area contributed by atoms with E-state index in [1.807, 2.05) is 43.5 Å². The first-order chi connectivity index (χ1) is 10.3. The second kappa shape index (κ2) is 6.33. The maximum Gasteiger partial charge on any atom is 0.0561 e. The molecule has 1 aromatic heterocycles. The van der Waals surface area contributed by atoms with Crippen molar-refractivity contribution in [3.05, 3.63) is 71.9 Å². The van der Waals surface area contributed by atoms with E-state index in [1.165, 1.54) is 22.0 Å². The van der Waals surface area contributed by atoms with E-state index in [0.29, 0.717) is 0 Å². The lowest BCUT2D eigenvalue weighted by Gasteiger charge is -2.00. The van der Waals surface area contributed by atoms with Crippen molar-refractivity contribution in [3.63, 3.8) is 0 Å². The van der Waals surface area contributed by atoms with E-state index >= 15 is 0 Å². The molecule has 0 aliphatic rings. The third-order valence-corrected chi connectivity index (χ3v) is 3.93. The Bertz CT molecular complexity index is 730. The number of rotatable bonds is 4. The summed E-state index contributed by atoms with van der Waals surface area (Å²) in [7, 11) is 0. The Kier molecular flexibility index (Phi) is 4.07. The Morgan fingerprint density at radius 1 is 1.05 bits per heavy atom. The summed E-state index contributed by atoms with van der Waals surface area (Å²) in [5, 5.41) is 4.23. The maximum atomic E-state index is 4.30. The average Bonchev–Trinajstić information content (AvgIpc) is 2.96. The Morgan fingerprint density at radius 2 is 1.81 bits per heavy atom. The lowest BCUT2D eigenvalue weighted by atomic mass is 10.1. The summed E-state index contributed by atoms with van der Waals surface area (Å²) < 4.78 is 4.30. The SMILES string of the molecule is Cc1cc(-c2ccc(C=NNc3ccccc3)cc2)sn1. The molecule has 0 bridgehead atoms. The van der Waals surface area contributed by atoms with Crippen molar-refractivity contribution < 1.29 is 0 Å². The van der Waals surface area contributed by atoms with Crippen LogP contribution in [0.3, 0.4) is 0 Å². The van der Waals surface area contributed by atoms with Gasteiger partial charge in [-0.15, -0.1) is 0 Å². The summed E-state index contributed by atoms with van der Waals surface area (Å²) in [6.45, 7) is 2.01. The minimum absolute atomic E-state index is 0.977. The first-order valence-corrected chi connectivity index (χ1v) is 7.46. The van der Waals surface area contributed by atoms with Crippen molar-refractivity contribution in [3.8, 4) is 10.4 Å². The number of aryl methyl sites for hydroxylation is 1. The van der Waals surface area contributed by atoms with Crippen LogP contribution in [0.5, 0.6) is 0 Å². The first-order valence-electron chi connectivity index (χ1n) is 6.69. The number of hydrogen-bond donors (Lipinski definition) is 1. The molecule has 0 amide bonds. The highest BCUT2D eigenvalue weighted by Gasteiger charge is 2.01. The van der Waals surface area contributed by atoms with Gasteiger partial charge in [0.05, 0.1) is 22.5 Å². The highest BCUT2D eigenvalue weighted by Crippen LogP contribution is 2.24. The minimum Gasteiger partial charge on any atom is -0.279 e. The van der Waals surface area contributed by atoms with E-state index in [1.54, 1.807) is 0 Å². The van der Waals surface area contributed by atoms with Crippen LogP contribution < -0.4 is 5.43 Å². The van der Waals surface area contributed by atoms with Gasteiger partial charge in [0, 0.05) is 0 Å². The molecule has 0 radical (unpaired) electrons. The van der Waals surface area contributed by atoms with Crippen LogP contribution in [0.2, 0.25) is 0 Å². The standard InChI is InChI=1S/C17H15N3S/c1-13-11-17(21-20-13)15-9-7-14(8-10-15)12-18-19-16-5-3-2-4-6-16/h2-12,19H,1H3. The lowest BCUT2D eigenvalue weighted by molar-refractivity contribution is 1.35. The van der Waals surface area contributed by atoms with Crippen molar-refractivity contribution in [2.45, 2.75) is 6.92 Å². The molecule has 0 atom stereocenters. The molecular weight excluding hydrogens is 278 g/mol. The number of nitrogens with zero attached hydrogens (tertiary/aromatic N) is 2. The summed E-state index contributed by atoms with van der Waals surface area (Å²) in [5.41, 5.74) is 7.29. The van der Waals surface area contributed by atoms with Crippen LogP contribution in [0, 0.1) is 6.92 Å².